The van der Waals surface area contributed by atoms with Crippen LogP contribution >= 0.6 is 11.5 Å². The Labute approximate surface area is 181 Å². The minimum absolute atomic E-state index is 0.0466. The number of hydrogen-bond acceptors (Lipinski definition) is 7. The lowest BCUT2D eigenvalue weighted by atomic mass is 10.1. The molecule has 3 aromatic rings. The standard InChI is InChI=1S/C20H20FN7O2S/c1-22-15(29)10-14-17-24-25-18(19-23-16(26-31-19)11-2-3-11)28(17)9-8-27(14)20(30)12-4-6-13(21)7-5-12/h4-7,11,14H,2-3,8-10H2,1H3,(H,22,29). The molecule has 1 aliphatic heterocycles. The van der Waals surface area contributed by atoms with Gasteiger partial charge in [0.05, 0.1) is 6.42 Å². The van der Waals surface area contributed by atoms with Crippen LogP contribution in [0.15, 0.2) is 24.3 Å². The number of fused-ring (bicyclic) bond motifs is 1. The van der Waals surface area contributed by atoms with Crippen molar-refractivity contribution in [2.45, 2.75) is 37.8 Å². The number of rotatable bonds is 5. The van der Waals surface area contributed by atoms with Crippen molar-refractivity contribution in [1.29, 1.82) is 0 Å². The lowest BCUT2D eigenvalue weighted by Crippen LogP contribution is -2.44. The Kier molecular flexibility index (Phi) is 4.97. The quantitative estimate of drug-likeness (QED) is 0.650. The van der Waals surface area contributed by atoms with Gasteiger partial charge in [-0.2, -0.15) is 4.37 Å². The Morgan fingerprint density at radius 1 is 1.19 bits per heavy atom. The molecule has 2 aliphatic rings. The van der Waals surface area contributed by atoms with E-state index in [2.05, 4.69) is 24.9 Å². The fourth-order valence-corrected chi connectivity index (χ4v) is 4.49. The largest absolute Gasteiger partial charge is 0.359 e. The first-order valence-electron chi connectivity index (χ1n) is 10.1. The Hall–Kier alpha value is -3.21. The van der Waals surface area contributed by atoms with Crippen LogP contribution in [0, 0.1) is 5.82 Å². The topological polar surface area (TPSA) is 106 Å². The molecular weight excluding hydrogens is 421 g/mol. The molecule has 2 amide bonds. The minimum atomic E-state index is -0.594. The van der Waals surface area contributed by atoms with E-state index in [4.69, 9.17) is 0 Å². The highest BCUT2D eigenvalue weighted by molar-refractivity contribution is 7.09. The summed E-state index contributed by atoms with van der Waals surface area (Å²) in [6, 6.07) is 4.79. The van der Waals surface area contributed by atoms with Crippen LogP contribution in [0.1, 0.15) is 53.2 Å². The molecule has 0 bridgehead atoms. The number of carbonyl (C=O) groups excluding carboxylic acids is 2. The number of benzene rings is 1. The predicted molar refractivity (Wildman–Crippen MR) is 110 cm³/mol. The molecule has 11 heteroatoms. The summed E-state index contributed by atoms with van der Waals surface area (Å²) in [7, 11) is 1.55. The third-order valence-electron chi connectivity index (χ3n) is 5.60. The number of nitrogens with one attached hydrogen (secondary N) is 1. The van der Waals surface area contributed by atoms with Crippen molar-refractivity contribution in [1.82, 2.24) is 34.3 Å². The van der Waals surface area contributed by atoms with Crippen LogP contribution in [0.25, 0.3) is 10.8 Å². The highest BCUT2D eigenvalue weighted by Gasteiger charge is 2.37. The van der Waals surface area contributed by atoms with Gasteiger partial charge in [-0.3, -0.25) is 9.59 Å². The molecule has 31 heavy (non-hydrogen) atoms. The molecule has 0 radical (unpaired) electrons. The summed E-state index contributed by atoms with van der Waals surface area (Å²) < 4.78 is 19.7. The van der Waals surface area contributed by atoms with Gasteiger partial charge >= 0.3 is 0 Å². The van der Waals surface area contributed by atoms with Crippen molar-refractivity contribution in [3.8, 4) is 10.8 Å². The molecule has 0 spiro atoms. The summed E-state index contributed by atoms with van der Waals surface area (Å²) in [6.45, 7) is 0.831. The average molecular weight is 441 g/mol. The van der Waals surface area contributed by atoms with Crippen LogP contribution in [-0.2, 0) is 11.3 Å². The van der Waals surface area contributed by atoms with Crippen LogP contribution in [0.2, 0.25) is 0 Å². The molecule has 1 saturated carbocycles. The molecule has 160 valence electrons. The normalized spacial score (nSPS) is 18.0. The van der Waals surface area contributed by atoms with E-state index < -0.39 is 11.9 Å². The van der Waals surface area contributed by atoms with E-state index >= 15 is 0 Å². The molecule has 1 fully saturated rings. The van der Waals surface area contributed by atoms with Gasteiger partial charge in [-0.15, -0.1) is 10.2 Å². The Bertz CT molecular complexity index is 1140. The lowest BCUT2D eigenvalue weighted by molar-refractivity contribution is -0.121. The predicted octanol–water partition coefficient (Wildman–Crippen LogP) is 2.15. The van der Waals surface area contributed by atoms with Crippen LogP contribution in [0.4, 0.5) is 4.39 Å². The van der Waals surface area contributed by atoms with E-state index in [1.54, 1.807) is 11.9 Å². The first-order chi connectivity index (χ1) is 15.0. The summed E-state index contributed by atoms with van der Waals surface area (Å²) >= 11 is 1.29. The van der Waals surface area contributed by atoms with Gasteiger partial charge in [-0.1, -0.05) is 0 Å². The maximum Gasteiger partial charge on any atom is 0.254 e. The smallest absolute Gasteiger partial charge is 0.254 e. The van der Waals surface area contributed by atoms with Gasteiger partial charge in [0.15, 0.2) is 16.7 Å². The van der Waals surface area contributed by atoms with E-state index in [0.29, 0.717) is 41.2 Å². The van der Waals surface area contributed by atoms with Gasteiger partial charge in [-0.25, -0.2) is 9.37 Å². The molecule has 1 aliphatic carbocycles. The fraction of sp³-hybridized carbons (Fsp3) is 0.400. The van der Waals surface area contributed by atoms with E-state index in [1.165, 1.54) is 35.8 Å². The van der Waals surface area contributed by atoms with Crippen molar-refractivity contribution in [3.05, 3.63) is 47.3 Å². The molecule has 1 unspecified atom stereocenters. The third kappa shape index (κ3) is 3.69. The summed E-state index contributed by atoms with van der Waals surface area (Å²) in [5.74, 6) is 1.52. The number of amides is 2. The Morgan fingerprint density at radius 3 is 2.68 bits per heavy atom. The van der Waals surface area contributed by atoms with E-state index in [1.807, 2.05) is 4.57 Å². The number of hydrogen-bond donors (Lipinski definition) is 1. The molecule has 2 aromatic heterocycles. The van der Waals surface area contributed by atoms with Crippen LogP contribution in [-0.4, -0.2) is 54.4 Å². The maximum absolute atomic E-state index is 13.3. The van der Waals surface area contributed by atoms with Crippen molar-refractivity contribution in [2.75, 3.05) is 13.6 Å². The lowest BCUT2D eigenvalue weighted by Gasteiger charge is -2.35. The number of halogens is 1. The van der Waals surface area contributed by atoms with Crippen molar-refractivity contribution in [3.63, 3.8) is 0 Å². The molecule has 5 rings (SSSR count). The van der Waals surface area contributed by atoms with Crippen LogP contribution in [0.5, 0.6) is 0 Å². The molecule has 3 heterocycles. The van der Waals surface area contributed by atoms with Crippen molar-refractivity contribution >= 4 is 23.3 Å². The van der Waals surface area contributed by atoms with E-state index in [0.717, 1.165) is 18.7 Å². The van der Waals surface area contributed by atoms with Crippen molar-refractivity contribution < 1.29 is 14.0 Å². The molecule has 1 atom stereocenters. The first-order valence-corrected chi connectivity index (χ1v) is 10.9. The summed E-state index contributed by atoms with van der Waals surface area (Å²) in [4.78, 5) is 31.6. The second-order valence-electron chi connectivity index (χ2n) is 7.66. The van der Waals surface area contributed by atoms with Gasteiger partial charge in [0.1, 0.15) is 17.7 Å². The maximum atomic E-state index is 13.3. The highest BCUT2D eigenvalue weighted by Crippen LogP contribution is 2.40. The summed E-state index contributed by atoms with van der Waals surface area (Å²) in [5.41, 5.74) is 0.356. The fourth-order valence-electron chi connectivity index (χ4n) is 3.76. The van der Waals surface area contributed by atoms with Gasteiger partial charge in [0, 0.05) is 31.6 Å². The second kappa shape index (κ2) is 7.80. The molecule has 9 nitrogen and oxygen atoms in total. The molecule has 1 aromatic carbocycles. The van der Waals surface area contributed by atoms with E-state index in [9.17, 15) is 14.0 Å². The zero-order chi connectivity index (χ0) is 21.5. The second-order valence-corrected chi connectivity index (χ2v) is 8.42. The third-order valence-corrected chi connectivity index (χ3v) is 6.33. The van der Waals surface area contributed by atoms with Crippen LogP contribution in [0.3, 0.4) is 0 Å². The Morgan fingerprint density at radius 2 is 1.97 bits per heavy atom. The summed E-state index contributed by atoms with van der Waals surface area (Å²) in [6.07, 6.45) is 2.27. The monoisotopic (exact) mass is 441 g/mol. The Balaban J connectivity index is 1.49. The number of aromatic nitrogens is 5. The van der Waals surface area contributed by atoms with Crippen molar-refractivity contribution in [2.24, 2.45) is 0 Å². The van der Waals surface area contributed by atoms with E-state index in [-0.39, 0.29) is 18.2 Å². The summed E-state index contributed by atoms with van der Waals surface area (Å²) in [5, 5.41) is 12.0. The number of nitrogens with zero attached hydrogens (tertiary/aromatic N) is 6. The average Bonchev–Trinajstić information content (AvgIpc) is 3.35. The van der Waals surface area contributed by atoms with Crippen LogP contribution < -0.4 is 5.32 Å². The number of carbonyl (C=O) groups is 2. The molecular formula is C20H20FN7O2S. The molecule has 0 saturated heterocycles. The zero-order valence-corrected chi connectivity index (χ0v) is 17.6. The highest BCUT2D eigenvalue weighted by atomic mass is 32.1. The minimum Gasteiger partial charge on any atom is -0.359 e. The van der Waals surface area contributed by atoms with Gasteiger partial charge in [-0.05, 0) is 48.6 Å². The SMILES string of the molecule is CNC(=O)CC1c2nnc(-c3nc(C4CC4)ns3)n2CCN1C(=O)c1ccc(F)cc1. The molecule has 1 N–H and O–H groups in total. The van der Waals surface area contributed by atoms with Gasteiger partial charge in [0.25, 0.3) is 5.91 Å². The first kappa shape index (κ1) is 19.7. The zero-order valence-electron chi connectivity index (χ0n) is 16.8. The van der Waals surface area contributed by atoms with Gasteiger partial charge in [0.2, 0.25) is 5.91 Å². The van der Waals surface area contributed by atoms with Gasteiger partial charge < -0.3 is 14.8 Å².